The normalized spacial score (nSPS) is 13.8. The Kier molecular flexibility index (Phi) is 64.2. The van der Waals surface area contributed by atoms with Crippen LogP contribution in [0.1, 0.15) is 380 Å². The SMILES string of the molecule is CCCCCCC/C=C\C/C=C\CCCCCCCCCCCCCCCCCCCCCCCC(=O)NC(COP(=O)([O-])OCC[N+](C)(C)C)C(O)/C=C/CCCCCCCCCCCCCCCCCCCCCCCCCCCC. The first-order chi connectivity index (χ1) is 40.5. The van der Waals surface area contributed by atoms with Crippen LogP contribution in [0.15, 0.2) is 36.5 Å². The molecule has 1 amide bonds. The van der Waals surface area contributed by atoms with Crippen molar-refractivity contribution >= 4 is 13.7 Å². The van der Waals surface area contributed by atoms with Crippen molar-refractivity contribution in [1.82, 2.24) is 5.32 Å². The molecule has 0 aromatic heterocycles. The number of allylic oxidation sites excluding steroid dienone is 5. The van der Waals surface area contributed by atoms with Crippen molar-refractivity contribution < 1.29 is 32.9 Å². The zero-order valence-electron chi connectivity index (χ0n) is 56.4. The van der Waals surface area contributed by atoms with Crippen LogP contribution < -0.4 is 10.2 Å². The smallest absolute Gasteiger partial charge is 0.268 e. The zero-order chi connectivity index (χ0) is 60.5. The average Bonchev–Trinajstić information content (AvgIpc) is 3.49. The lowest BCUT2D eigenvalue weighted by Crippen LogP contribution is -2.45. The molecular weight excluding hydrogens is 1040 g/mol. The van der Waals surface area contributed by atoms with E-state index >= 15 is 0 Å². The predicted octanol–water partition coefficient (Wildman–Crippen LogP) is 23.0. The van der Waals surface area contributed by atoms with Crippen LogP contribution in [-0.2, 0) is 18.4 Å². The highest BCUT2D eigenvalue weighted by Crippen LogP contribution is 2.38. The summed E-state index contributed by atoms with van der Waals surface area (Å²) in [5.74, 6) is -0.189. The third-order valence-corrected chi connectivity index (χ3v) is 18.1. The van der Waals surface area contributed by atoms with Gasteiger partial charge in [0.1, 0.15) is 13.2 Å². The van der Waals surface area contributed by atoms with E-state index in [2.05, 4.69) is 43.5 Å². The molecule has 0 fully saturated rings. The summed E-state index contributed by atoms with van der Waals surface area (Å²) in [6, 6.07) is -0.887. The molecule has 8 nitrogen and oxygen atoms in total. The number of aliphatic hydroxyl groups excluding tert-OH is 1. The average molecular weight is 1190 g/mol. The summed E-state index contributed by atoms with van der Waals surface area (Å²) in [7, 11) is 1.28. The molecule has 9 heteroatoms. The van der Waals surface area contributed by atoms with E-state index in [4.69, 9.17) is 9.05 Å². The number of likely N-dealkylation sites (N-methyl/N-ethyl adjacent to an activating group) is 1. The van der Waals surface area contributed by atoms with Crippen LogP contribution in [0.25, 0.3) is 0 Å². The molecule has 0 bridgehead atoms. The Labute approximate surface area is 518 Å². The maximum absolute atomic E-state index is 13.1. The first-order valence-electron chi connectivity index (χ1n) is 36.9. The summed E-state index contributed by atoms with van der Waals surface area (Å²) in [6.07, 6.45) is 87.1. The monoisotopic (exact) mass is 1190 g/mol. The topological polar surface area (TPSA) is 108 Å². The number of phosphoric acid groups is 1. The molecule has 0 heterocycles. The van der Waals surface area contributed by atoms with Gasteiger partial charge in [0.15, 0.2) is 0 Å². The predicted molar refractivity (Wildman–Crippen MR) is 362 cm³/mol. The summed E-state index contributed by atoms with van der Waals surface area (Å²) < 4.78 is 23.5. The molecule has 0 aromatic rings. The fourth-order valence-corrected chi connectivity index (χ4v) is 12.1. The lowest BCUT2D eigenvalue weighted by Gasteiger charge is -2.29. The van der Waals surface area contributed by atoms with Crippen LogP contribution in [0.4, 0.5) is 0 Å². The number of quaternary nitrogens is 1. The summed E-state index contributed by atoms with van der Waals surface area (Å²) in [5.41, 5.74) is 0. The molecule has 3 atom stereocenters. The number of aliphatic hydroxyl groups is 1. The summed E-state index contributed by atoms with van der Waals surface area (Å²) in [4.78, 5) is 25.7. The largest absolute Gasteiger partial charge is 0.756 e. The van der Waals surface area contributed by atoms with Crippen LogP contribution in [0.2, 0.25) is 0 Å². The second-order valence-corrected chi connectivity index (χ2v) is 28.1. The van der Waals surface area contributed by atoms with Crippen molar-refractivity contribution in [3.8, 4) is 0 Å². The minimum absolute atomic E-state index is 0.00135. The van der Waals surface area contributed by atoms with E-state index in [9.17, 15) is 19.4 Å². The van der Waals surface area contributed by atoms with Crippen molar-refractivity contribution in [2.45, 2.75) is 392 Å². The van der Waals surface area contributed by atoms with Gasteiger partial charge in [-0.05, 0) is 51.4 Å². The van der Waals surface area contributed by atoms with Crippen LogP contribution in [0, 0.1) is 0 Å². The van der Waals surface area contributed by atoms with Crippen molar-refractivity contribution in [2.24, 2.45) is 0 Å². The molecule has 0 aliphatic carbocycles. The number of carbonyl (C=O) groups is 1. The number of nitrogens with zero attached hydrogens (tertiary/aromatic N) is 1. The second kappa shape index (κ2) is 65.2. The molecular formula is C74H145N2O6P. The van der Waals surface area contributed by atoms with E-state index in [0.29, 0.717) is 17.4 Å². The molecule has 83 heavy (non-hydrogen) atoms. The van der Waals surface area contributed by atoms with Crippen molar-refractivity contribution in [3.05, 3.63) is 36.5 Å². The molecule has 0 radical (unpaired) electrons. The Morgan fingerprint density at radius 1 is 0.422 bits per heavy atom. The number of amides is 1. The van der Waals surface area contributed by atoms with Gasteiger partial charge in [0.05, 0.1) is 39.9 Å². The van der Waals surface area contributed by atoms with Crippen LogP contribution in [-0.4, -0.2) is 68.5 Å². The molecule has 0 saturated carbocycles. The van der Waals surface area contributed by atoms with Gasteiger partial charge in [-0.25, -0.2) is 0 Å². The number of carbonyl (C=O) groups excluding carboxylic acids is 1. The number of hydrogen-bond acceptors (Lipinski definition) is 6. The van der Waals surface area contributed by atoms with E-state index in [1.54, 1.807) is 6.08 Å². The quantitative estimate of drug-likeness (QED) is 0.0272. The summed E-state index contributed by atoms with van der Waals surface area (Å²) >= 11 is 0. The third kappa shape index (κ3) is 68.1. The zero-order valence-corrected chi connectivity index (χ0v) is 57.3. The van der Waals surface area contributed by atoms with Gasteiger partial charge >= 0.3 is 0 Å². The van der Waals surface area contributed by atoms with Gasteiger partial charge in [-0.3, -0.25) is 9.36 Å². The maximum atomic E-state index is 13.1. The van der Waals surface area contributed by atoms with E-state index in [1.807, 2.05) is 27.2 Å². The van der Waals surface area contributed by atoms with Crippen molar-refractivity contribution in [3.63, 3.8) is 0 Å². The van der Waals surface area contributed by atoms with Crippen LogP contribution >= 0.6 is 7.82 Å². The third-order valence-electron chi connectivity index (χ3n) is 17.1. The fraction of sp³-hybridized carbons (Fsp3) is 0.905. The molecule has 0 aliphatic rings. The lowest BCUT2D eigenvalue weighted by molar-refractivity contribution is -0.870. The number of nitrogens with one attached hydrogen (secondary N) is 1. The van der Waals surface area contributed by atoms with Crippen LogP contribution in [0.5, 0.6) is 0 Å². The molecule has 0 aromatic carbocycles. The number of phosphoric ester groups is 1. The van der Waals surface area contributed by atoms with Gasteiger partial charge in [0.25, 0.3) is 7.82 Å². The molecule has 3 unspecified atom stereocenters. The highest BCUT2D eigenvalue weighted by molar-refractivity contribution is 7.45. The van der Waals surface area contributed by atoms with Gasteiger partial charge in [-0.15, -0.1) is 0 Å². The molecule has 0 saturated heterocycles. The Morgan fingerprint density at radius 2 is 0.699 bits per heavy atom. The minimum Gasteiger partial charge on any atom is -0.756 e. The maximum Gasteiger partial charge on any atom is 0.268 e. The number of hydrogen-bond donors (Lipinski definition) is 2. The van der Waals surface area contributed by atoms with E-state index in [0.717, 1.165) is 44.9 Å². The Morgan fingerprint density at radius 3 is 1.00 bits per heavy atom. The Bertz CT molecular complexity index is 1450. The van der Waals surface area contributed by atoms with Crippen molar-refractivity contribution in [1.29, 1.82) is 0 Å². The number of unbranched alkanes of at least 4 members (excludes halogenated alkanes) is 52. The van der Waals surface area contributed by atoms with E-state index in [-0.39, 0.29) is 19.1 Å². The molecule has 0 spiro atoms. The molecule has 0 rings (SSSR count). The minimum atomic E-state index is -4.60. The molecule has 2 N–H and O–H groups in total. The molecule has 492 valence electrons. The second-order valence-electron chi connectivity index (χ2n) is 26.7. The van der Waals surface area contributed by atoms with Gasteiger partial charge in [0.2, 0.25) is 5.91 Å². The summed E-state index contributed by atoms with van der Waals surface area (Å²) in [6.45, 7) is 4.70. The highest BCUT2D eigenvalue weighted by Gasteiger charge is 2.23. The summed E-state index contributed by atoms with van der Waals surface area (Å²) in [5, 5.41) is 14.0. The molecule has 0 aliphatic heterocycles. The first-order valence-corrected chi connectivity index (χ1v) is 38.3. The van der Waals surface area contributed by atoms with Gasteiger partial charge in [-0.2, -0.15) is 0 Å². The number of rotatable bonds is 69. The highest BCUT2D eigenvalue weighted by atomic mass is 31.2. The lowest BCUT2D eigenvalue weighted by atomic mass is 10.0. The van der Waals surface area contributed by atoms with E-state index in [1.165, 1.54) is 315 Å². The van der Waals surface area contributed by atoms with E-state index < -0.39 is 20.0 Å². The van der Waals surface area contributed by atoms with Crippen LogP contribution in [0.3, 0.4) is 0 Å². The fourth-order valence-electron chi connectivity index (χ4n) is 11.4. The Hall–Kier alpha value is -1.28. The first kappa shape index (κ1) is 81.7. The van der Waals surface area contributed by atoms with Gasteiger partial charge < -0.3 is 28.8 Å². The Balaban J connectivity index is 4.00. The van der Waals surface area contributed by atoms with Crippen molar-refractivity contribution in [2.75, 3.05) is 40.9 Å². The standard InChI is InChI=1S/C74H145N2O6P/c1-6-8-10-12-14-16-18-20-22-24-26-28-30-32-34-36-37-38-39-40-42-44-46-48-50-52-54-56-58-60-62-64-66-68-74(78)75-72(71-82-83(79,80)81-70-69-76(3,4)5)73(77)67-65-63-61-59-57-55-53-51-49-47-45-43-41-35-33-31-29-27-25-23-21-19-17-15-13-11-9-7-2/h18,20,24,26,65,67,72-73,77H,6-17,19,21-23,25,27-64,66,68-71H2,1-5H3,(H-,75,78,79,80)/b20-18-,26-24-,67-65+. The van der Waals surface area contributed by atoms with Gasteiger partial charge in [0, 0.05) is 6.42 Å². The van der Waals surface area contributed by atoms with Gasteiger partial charge in [-0.1, -0.05) is 359 Å².